The van der Waals surface area contributed by atoms with E-state index in [9.17, 15) is 9.59 Å². The van der Waals surface area contributed by atoms with Crippen molar-refractivity contribution in [3.63, 3.8) is 0 Å². The van der Waals surface area contributed by atoms with Crippen molar-refractivity contribution < 1.29 is 14.2 Å². The molecule has 0 radical (unpaired) electrons. The SMILES string of the molecule is CCOc1nc(=O)n(C2CCO2)c(=O)n1CC1CO1. The lowest BCUT2D eigenvalue weighted by atomic mass is 10.3. The first kappa shape index (κ1) is 12.4. The van der Waals surface area contributed by atoms with Crippen molar-refractivity contribution in [1.82, 2.24) is 14.1 Å². The summed E-state index contributed by atoms with van der Waals surface area (Å²) in [6.45, 7) is 3.60. The zero-order valence-electron chi connectivity index (χ0n) is 10.6. The average Bonchev–Trinajstić information content (AvgIpc) is 3.11. The molecule has 0 bridgehead atoms. The highest BCUT2D eigenvalue weighted by atomic mass is 16.6. The van der Waals surface area contributed by atoms with Crippen molar-refractivity contribution in [1.29, 1.82) is 0 Å². The Morgan fingerprint density at radius 3 is 2.68 bits per heavy atom. The minimum Gasteiger partial charge on any atom is -0.465 e. The van der Waals surface area contributed by atoms with Crippen molar-refractivity contribution in [3.8, 4) is 6.01 Å². The standard InChI is InChI=1S/C11H15N3O5/c1-2-17-10-12-9(15)14(8-3-4-18-8)11(16)13(10)5-7-6-19-7/h7-8H,2-6H2,1H3. The van der Waals surface area contributed by atoms with E-state index in [0.717, 1.165) is 4.57 Å². The number of hydrogen-bond donors (Lipinski definition) is 0. The number of epoxide rings is 1. The molecule has 3 heterocycles. The Morgan fingerprint density at radius 1 is 1.42 bits per heavy atom. The van der Waals surface area contributed by atoms with Gasteiger partial charge in [-0.05, 0) is 6.92 Å². The summed E-state index contributed by atoms with van der Waals surface area (Å²) in [4.78, 5) is 28.0. The molecule has 104 valence electrons. The Balaban J connectivity index is 2.05. The van der Waals surface area contributed by atoms with Crippen LogP contribution in [0.2, 0.25) is 0 Å². The summed E-state index contributed by atoms with van der Waals surface area (Å²) in [5.41, 5.74) is -1.09. The molecule has 0 aromatic carbocycles. The largest absolute Gasteiger partial charge is 0.465 e. The Kier molecular flexibility index (Phi) is 3.11. The summed E-state index contributed by atoms with van der Waals surface area (Å²) < 4.78 is 17.9. The number of rotatable bonds is 5. The molecule has 3 rings (SSSR count). The predicted octanol–water partition coefficient (Wildman–Crippen LogP) is -0.879. The molecule has 2 saturated heterocycles. The fourth-order valence-electron chi connectivity index (χ4n) is 1.94. The third kappa shape index (κ3) is 2.28. The fraction of sp³-hybridized carbons (Fsp3) is 0.727. The van der Waals surface area contributed by atoms with Crippen LogP contribution in [0.5, 0.6) is 6.01 Å². The molecule has 0 spiro atoms. The lowest BCUT2D eigenvalue weighted by Gasteiger charge is -2.27. The average molecular weight is 269 g/mol. The van der Waals surface area contributed by atoms with Gasteiger partial charge in [-0.1, -0.05) is 0 Å². The summed E-state index contributed by atoms with van der Waals surface area (Å²) in [7, 11) is 0. The van der Waals surface area contributed by atoms with E-state index in [0.29, 0.717) is 32.8 Å². The highest BCUT2D eigenvalue weighted by Gasteiger charge is 2.30. The van der Waals surface area contributed by atoms with Crippen LogP contribution in [-0.2, 0) is 16.0 Å². The molecule has 8 nitrogen and oxygen atoms in total. The number of hydrogen-bond acceptors (Lipinski definition) is 6. The topological polar surface area (TPSA) is 87.9 Å². The van der Waals surface area contributed by atoms with Crippen LogP contribution in [0.3, 0.4) is 0 Å². The third-order valence-electron chi connectivity index (χ3n) is 3.09. The lowest BCUT2D eigenvalue weighted by Crippen LogP contribution is -2.47. The second kappa shape index (κ2) is 4.78. The zero-order valence-corrected chi connectivity index (χ0v) is 10.6. The van der Waals surface area contributed by atoms with Gasteiger partial charge in [-0.2, -0.15) is 0 Å². The Labute approximate surface area is 108 Å². The van der Waals surface area contributed by atoms with Crippen molar-refractivity contribution in [3.05, 3.63) is 21.0 Å². The summed E-state index contributed by atoms with van der Waals surface area (Å²) in [6.07, 6.45) is 0.131. The van der Waals surface area contributed by atoms with Crippen LogP contribution >= 0.6 is 0 Å². The quantitative estimate of drug-likeness (QED) is 0.645. The van der Waals surface area contributed by atoms with Gasteiger partial charge in [-0.15, -0.1) is 4.98 Å². The highest BCUT2D eigenvalue weighted by Crippen LogP contribution is 2.20. The van der Waals surface area contributed by atoms with E-state index >= 15 is 0 Å². The van der Waals surface area contributed by atoms with Crippen molar-refractivity contribution >= 4 is 0 Å². The maximum absolute atomic E-state index is 12.4. The maximum Gasteiger partial charge on any atom is 0.358 e. The van der Waals surface area contributed by atoms with Gasteiger partial charge in [-0.25, -0.2) is 18.7 Å². The minimum absolute atomic E-state index is 0.00744. The lowest BCUT2D eigenvalue weighted by molar-refractivity contribution is -0.105. The molecule has 2 unspecified atom stereocenters. The summed E-state index contributed by atoms with van der Waals surface area (Å²) >= 11 is 0. The summed E-state index contributed by atoms with van der Waals surface area (Å²) in [5.74, 6) is 0. The Bertz CT molecular complexity index is 585. The van der Waals surface area contributed by atoms with E-state index in [-0.39, 0.29) is 12.1 Å². The zero-order chi connectivity index (χ0) is 13.4. The first-order chi connectivity index (χ1) is 9.20. The van der Waals surface area contributed by atoms with Crippen LogP contribution in [0.1, 0.15) is 19.6 Å². The van der Waals surface area contributed by atoms with Crippen LogP contribution < -0.4 is 16.1 Å². The van der Waals surface area contributed by atoms with Crippen LogP contribution in [0, 0.1) is 0 Å². The van der Waals surface area contributed by atoms with Gasteiger partial charge < -0.3 is 14.2 Å². The van der Waals surface area contributed by atoms with E-state index in [1.54, 1.807) is 6.92 Å². The smallest absolute Gasteiger partial charge is 0.358 e. The Morgan fingerprint density at radius 2 is 2.16 bits per heavy atom. The highest BCUT2D eigenvalue weighted by molar-refractivity contribution is 4.97. The van der Waals surface area contributed by atoms with Crippen LogP contribution in [0.4, 0.5) is 0 Å². The van der Waals surface area contributed by atoms with Gasteiger partial charge in [0.2, 0.25) is 0 Å². The maximum atomic E-state index is 12.4. The van der Waals surface area contributed by atoms with E-state index in [1.807, 2.05) is 0 Å². The van der Waals surface area contributed by atoms with Crippen molar-refractivity contribution in [2.24, 2.45) is 0 Å². The molecule has 0 aliphatic carbocycles. The first-order valence-corrected chi connectivity index (χ1v) is 6.30. The van der Waals surface area contributed by atoms with Crippen LogP contribution in [-0.4, -0.2) is 40.0 Å². The molecule has 0 amide bonds. The fourth-order valence-corrected chi connectivity index (χ4v) is 1.94. The molecule has 1 aromatic heterocycles. The summed E-state index contributed by atoms with van der Waals surface area (Å²) in [5, 5.41) is 0. The third-order valence-corrected chi connectivity index (χ3v) is 3.09. The molecule has 1 aromatic rings. The van der Waals surface area contributed by atoms with Gasteiger partial charge >= 0.3 is 17.4 Å². The molecule has 2 aliphatic heterocycles. The second-order valence-electron chi connectivity index (χ2n) is 4.44. The van der Waals surface area contributed by atoms with Crippen molar-refractivity contribution in [2.45, 2.75) is 32.2 Å². The Hall–Kier alpha value is -1.67. The summed E-state index contributed by atoms with van der Waals surface area (Å²) in [6, 6.07) is 0.0450. The van der Waals surface area contributed by atoms with E-state index in [1.165, 1.54) is 4.57 Å². The minimum atomic E-state index is -0.633. The normalized spacial score (nSPS) is 24.9. The molecule has 2 atom stereocenters. The van der Waals surface area contributed by atoms with E-state index in [4.69, 9.17) is 14.2 Å². The second-order valence-corrected chi connectivity index (χ2v) is 4.44. The van der Waals surface area contributed by atoms with Crippen LogP contribution in [0.25, 0.3) is 0 Å². The molecule has 19 heavy (non-hydrogen) atoms. The first-order valence-electron chi connectivity index (χ1n) is 6.30. The molecule has 2 fully saturated rings. The molecule has 2 aliphatic rings. The van der Waals surface area contributed by atoms with Crippen molar-refractivity contribution in [2.75, 3.05) is 19.8 Å². The van der Waals surface area contributed by atoms with Crippen LogP contribution in [0.15, 0.2) is 9.59 Å². The molecule has 0 N–H and O–H groups in total. The monoisotopic (exact) mass is 269 g/mol. The number of ether oxygens (including phenoxy) is 3. The predicted molar refractivity (Wildman–Crippen MR) is 63.3 cm³/mol. The molecular weight excluding hydrogens is 254 g/mol. The van der Waals surface area contributed by atoms with Gasteiger partial charge in [0, 0.05) is 6.42 Å². The van der Waals surface area contributed by atoms with Gasteiger partial charge in [0.25, 0.3) is 0 Å². The van der Waals surface area contributed by atoms with Gasteiger partial charge in [-0.3, -0.25) is 0 Å². The molecule has 0 saturated carbocycles. The van der Waals surface area contributed by atoms with Gasteiger partial charge in [0.15, 0.2) is 0 Å². The number of nitrogens with zero attached hydrogens (tertiary/aromatic N) is 3. The van der Waals surface area contributed by atoms with E-state index < -0.39 is 17.6 Å². The number of aromatic nitrogens is 3. The van der Waals surface area contributed by atoms with E-state index in [2.05, 4.69) is 4.98 Å². The van der Waals surface area contributed by atoms with Gasteiger partial charge in [0.1, 0.15) is 6.23 Å². The van der Waals surface area contributed by atoms with Gasteiger partial charge in [0.05, 0.1) is 32.5 Å². The molecular formula is C11H15N3O5. The molecule has 8 heteroatoms.